The highest BCUT2D eigenvalue weighted by Gasteiger charge is 2.37. The van der Waals surface area contributed by atoms with Crippen LogP contribution in [0.25, 0.3) is 0 Å². The Hall–Kier alpha value is -3.15. The summed E-state index contributed by atoms with van der Waals surface area (Å²) in [7, 11) is 0. The molecule has 0 unspecified atom stereocenters. The van der Waals surface area contributed by atoms with E-state index < -0.39 is 0 Å². The van der Waals surface area contributed by atoms with Crippen molar-refractivity contribution in [3.05, 3.63) is 42.1 Å². The Balaban J connectivity index is 1.22. The Labute approximate surface area is 207 Å². The molecule has 3 aliphatic rings. The Morgan fingerprint density at radius 2 is 1.80 bits per heavy atom. The smallest absolute Gasteiger partial charge is 0.227 e. The fraction of sp³-hybridized carbons (Fsp3) is 0.417. The largest absolute Gasteiger partial charge is 0.371 e. The van der Waals surface area contributed by atoms with Crippen molar-refractivity contribution < 1.29 is 14.3 Å². The summed E-state index contributed by atoms with van der Waals surface area (Å²) in [5.74, 6) is 2.45. The molecular weight excluding hydrogens is 466 g/mol. The minimum atomic E-state index is 0.0543. The van der Waals surface area contributed by atoms with Gasteiger partial charge in [0.15, 0.2) is 11.0 Å². The van der Waals surface area contributed by atoms with E-state index in [1.54, 1.807) is 0 Å². The zero-order chi connectivity index (χ0) is 23.8. The van der Waals surface area contributed by atoms with Crippen LogP contribution >= 0.6 is 11.8 Å². The van der Waals surface area contributed by atoms with Gasteiger partial charge in [0.1, 0.15) is 23.8 Å². The van der Waals surface area contributed by atoms with Gasteiger partial charge >= 0.3 is 0 Å². The van der Waals surface area contributed by atoms with E-state index in [0.29, 0.717) is 30.0 Å². The number of H-pyrrole nitrogens is 1. The van der Waals surface area contributed by atoms with Gasteiger partial charge in [-0.25, -0.2) is 9.97 Å². The maximum absolute atomic E-state index is 12.0. The van der Waals surface area contributed by atoms with Gasteiger partial charge in [-0.15, -0.1) is 0 Å². The van der Waals surface area contributed by atoms with Gasteiger partial charge in [-0.1, -0.05) is 0 Å². The lowest BCUT2D eigenvalue weighted by Gasteiger charge is -2.24. The molecule has 182 valence electrons. The lowest BCUT2D eigenvalue weighted by Crippen LogP contribution is -2.36. The minimum absolute atomic E-state index is 0.0543. The lowest BCUT2D eigenvalue weighted by molar-refractivity contribution is -0.117. The average Bonchev–Trinajstić information content (AvgIpc) is 3.50. The number of carbonyl (C=O) groups is 1. The molecule has 1 amide bonds. The summed E-state index contributed by atoms with van der Waals surface area (Å²) in [4.78, 5) is 24.8. The minimum Gasteiger partial charge on any atom is -0.371 e. The number of aromatic nitrogens is 4. The number of nitrogens with one attached hydrogen (secondary N) is 3. The molecule has 0 bridgehead atoms. The molecule has 2 atom stereocenters. The van der Waals surface area contributed by atoms with Crippen molar-refractivity contribution in [1.29, 1.82) is 0 Å². The van der Waals surface area contributed by atoms with Gasteiger partial charge in [-0.05, 0) is 55.8 Å². The number of anilines is 4. The van der Waals surface area contributed by atoms with Crippen LogP contribution in [0, 0.1) is 12.8 Å². The van der Waals surface area contributed by atoms with Crippen LogP contribution < -0.4 is 15.5 Å². The second kappa shape index (κ2) is 9.48. The highest BCUT2D eigenvalue weighted by Crippen LogP contribution is 2.33. The fourth-order valence-electron chi connectivity index (χ4n) is 4.25. The number of hydrogen-bond donors (Lipinski definition) is 3. The molecule has 2 aromatic heterocycles. The predicted molar refractivity (Wildman–Crippen MR) is 132 cm³/mol. The van der Waals surface area contributed by atoms with Crippen LogP contribution in [0.3, 0.4) is 0 Å². The summed E-state index contributed by atoms with van der Waals surface area (Å²) >= 11 is 1.47. The number of nitrogens with zero attached hydrogens (tertiary/aromatic N) is 4. The third-order valence-electron chi connectivity index (χ3n) is 6.22. The lowest BCUT2D eigenvalue weighted by atomic mass is 10.2. The van der Waals surface area contributed by atoms with Crippen molar-refractivity contribution >= 4 is 40.8 Å². The number of ether oxygens (including phenoxy) is 2. The molecule has 1 saturated carbocycles. The van der Waals surface area contributed by atoms with Gasteiger partial charge in [0, 0.05) is 47.4 Å². The van der Waals surface area contributed by atoms with Crippen molar-refractivity contribution in [2.75, 3.05) is 41.8 Å². The number of rotatable bonds is 7. The van der Waals surface area contributed by atoms with Gasteiger partial charge in [-0.2, -0.15) is 5.10 Å². The van der Waals surface area contributed by atoms with Crippen molar-refractivity contribution in [1.82, 2.24) is 20.2 Å². The maximum atomic E-state index is 12.0. The van der Waals surface area contributed by atoms with Crippen molar-refractivity contribution in [2.24, 2.45) is 5.92 Å². The van der Waals surface area contributed by atoms with Crippen LogP contribution in [0.2, 0.25) is 0 Å². The first-order chi connectivity index (χ1) is 17.1. The van der Waals surface area contributed by atoms with E-state index in [1.165, 1.54) is 11.8 Å². The zero-order valence-corrected chi connectivity index (χ0v) is 20.2. The first kappa shape index (κ1) is 22.3. The summed E-state index contributed by atoms with van der Waals surface area (Å²) < 4.78 is 11.8. The molecule has 6 rings (SSSR count). The molecule has 2 saturated heterocycles. The van der Waals surface area contributed by atoms with Crippen LogP contribution in [0.4, 0.5) is 23.1 Å². The third-order valence-corrected chi connectivity index (χ3v) is 7.09. The number of hydrogen-bond acceptors (Lipinski definition) is 9. The fourth-order valence-corrected chi connectivity index (χ4v) is 5.02. The first-order valence-electron chi connectivity index (χ1n) is 11.8. The molecule has 0 radical (unpaired) electrons. The maximum Gasteiger partial charge on any atom is 0.227 e. The van der Waals surface area contributed by atoms with Crippen LogP contribution in [0.1, 0.15) is 18.5 Å². The van der Waals surface area contributed by atoms with E-state index in [4.69, 9.17) is 19.4 Å². The first-order valence-corrected chi connectivity index (χ1v) is 12.7. The zero-order valence-electron chi connectivity index (χ0n) is 19.4. The summed E-state index contributed by atoms with van der Waals surface area (Å²) in [6, 6.07) is 11.6. The molecule has 35 heavy (non-hydrogen) atoms. The molecule has 3 aromatic rings. The molecule has 4 heterocycles. The van der Waals surface area contributed by atoms with Gasteiger partial charge in [0.25, 0.3) is 0 Å². The molecular formula is C24H27N7O3S. The van der Waals surface area contributed by atoms with E-state index in [2.05, 4.69) is 25.7 Å². The number of fused-ring (bicyclic) bond motifs is 1. The number of carbonyl (C=O) groups excluding carboxylic acids is 1. The van der Waals surface area contributed by atoms with Gasteiger partial charge in [0.2, 0.25) is 5.91 Å². The molecule has 1 aromatic carbocycles. The number of aryl methyl sites for hydroxylation is 1. The van der Waals surface area contributed by atoms with Crippen molar-refractivity contribution in [3.63, 3.8) is 0 Å². The number of amides is 1. The Kier molecular flexibility index (Phi) is 6.05. The summed E-state index contributed by atoms with van der Waals surface area (Å²) in [6.07, 6.45) is 2.08. The van der Waals surface area contributed by atoms with Gasteiger partial charge in [-0.3, -0.25) is 9.89 Å². The summed E-state index contributed by atoms with van der Waals surface area (Å²) in [6.45, 7) is 4.66. The quantitative estimate of drug-likeness (QED) is 0.426. The van der Waals surface area contributed by atoms with E-state index in [1.807, 2.05) is 43.3 Å². The van der Waals surface area contributed by atoms with E-state index in [9.17, 15) is 4.79 Å². The second-order valence-electron chi connectivity index (χ2n) is 9.07. The molecule has 0 spiro atoms. The number of benzene rings is 1. The topological polar surface area (TPSA) is 117 Å². The van der Waals surface area contributed by atoms with Gasteiger partial charge in [0.05, 0.1) is 13.2 Å². The highest BCUT2D eigenvalue weighted by atomic mass is 32.2. The summed E-state index contributed by atoms with van der Waals surface area (Å²) in [5, 5.41) is 14.1. The molecule has 3 N–H and O–H groups in total. The van der Waals surface area contributed by atoms with Crippen LogP contribution in [0.15, 0.2) is 46.5 Å². The van der Waals surface area contributed by atoms with Crippen molar-refractivity contribution in [3.8, 4) is 0 Å². The van der Waals surface area contributed by atoms with Crippen LogP contribution in [-0.4, -0.2) is 64.6 Å². The van der Waals surface area contributed by atoms with Gasteiger partial charge < -0.3 is 25.0 Å². The predicted octanol–water partition coefficient (Wildman–Crippen LogP) is 3.36. The second-order valence-corrected chi connectivity index (χ2v) is 10.1. The standard InChI is InChI=1S/C24H27N7O3S/c1-14-10-21(30-29-14)26-20-11-22(31-12-18-19(13-31)34-9-8-33-18)28-24(27-20)35-17-6-4-16(5-7-17)25-23(32)15-2-3-15/h4-7,10-11,15,18-19H,2-3,8-9,12-13H2,1H3,(H,25,32)(H2,26,27,28,29,30)/t18-,19-/m1/s1. The summed E-state index contributed by atoms with van der Waals surface area (Å²) in [5.41, 5.74) is 1.76. The monoisotopic (exact) mass is 493 g/mol. The normalized spacial score (nSPS) is 21.6. The number of aromatic amines is 1. The SMILES string of the molecule is Cc1cc(Nc2cc(N3C[C@H]4OCCO[C@@H]4C3)nc(Sc3ccc(NC(=O)C4CC4)cc3)n2)n[nH]1. The Morgan fingerprint density at radius 3 is 2.46 bits per heavy atom. The average molecular weight is 494 g/mol. The Bertz CT molecular complexity index is 1200. The van der Waals surface area contributed by atoms with E-state index in [0.717, 1.165) is 48.0 Å². The van der Waals surface area contributed by atoms with Crippen LogP contribution in [0.5, 0.6) is 0 Å². The molecule has 1 aliphatic carbocycles. The Morgan fingerprint density at radius 1 is 1.06 bits per heavy atom. The van der Waals surface area contributed by atoms with E-state index >= 15 is 0 Å². The molecule has 11 heteroatoms. The van der Waals surface area contributed by atoms with E-state index in [-0.39, 0.29) is 24.0 Å². The molecule has 2 aliphatic heterocycles. The third kappa shape index (κ3) is 5.26. The highest BCUT2D eigenvalue weighted by molar-refractivity contribution is 7.99. The molecule has 10 nitrogen and oxygen atoms in total. The van der Waals surface area contributed by atoms with Crippen LogP contribution in [-0.2, 0) is 14.3 Å². The molecule has 3 fully saturated rings. The van der Waals surface area contributed by atoms with Crippen molar-refractivity contribution in [2.45, 2.75) is 42.0 Å².